The minimum absolute atomic E-state index is 0.0828. The Labute approximate surface area is 109 Å². The van der Waals surface area contributed by atoms with Crippen molar-refractivity contribution in [3.63, 3.8) is 0 Å². The largest absolute Gasteiger partial charge is 0.478 e. The fourth-order valence-electron chi connectivity index (χ4n) is 1.78. The van der Waals surface area contributed by atoms with Crippen LogP contribution < -0.4 is 0 Å². The van der Waals surface area contributed by atoms with Crippen LogP contribution in [0.15, 0.2) is 36.4 Å². The molecule has 0 saturated carbocycles. The van der Waals surface area contributed by atoms with E-state index in [0.29, 0.717) is 16.1 Å². The number of aromatic carboxylic acids is 1. The molecule has 0 saturated heterocycles. The lowest BCUT2D eigenvalue weighted by atomic mass is 10.0. The summed E-state index contributed by atoms with van der Waals surface area (Å²) >= 11 is 5.87. The van der Waals surface area contributed by atoms with Crippen LogP contribution in [0.4, 0.5) is 4.39 Å². The molecule has 92 valence electrons. The third-order valence-corrected chi connectivity index (χ3v) is 2.74. The van der Waals surface area contributed by atoms with Crippen molar-refractivity contribution in [2.45, 2.75) is 6.92 Å². The van der Waals surface area contributed by atoms with Gasteiger partial charge in [0.2, 0.25) is 0 Å². The summed E-state index contributed by atoms with van der Waals surface area (Å²) < 4.78 is 13.3. The standard InChI is InChI=1S/C14H10ClFO2/c1-8-2-9(7-13(16)3-8)10-4-11(14(17)18)6-12(15)5-10/h2-7H,1H3,(H,17,18). The molecule has 0 atom stereocenters. The lowest BCUT2D eigenvalue weighted by molar-refractivity contribution is 0.0697. The van der Waals surface area contributed by atoms with Crippen LogP contribution in [-0.4, -0.2) is 11.1 Å². The van der Waals surface area contributed by atoms with Crippen molar-refractivity contribution in [3.05, 3.63) is 58.4 Å². The van der Waals surface area contributed by atoms with Gasteiger partial charge < -0.3 is 5.11 Å². The van der Waals surface area contributed by atoms with E-state index in [1.54, 1.807) is 19.1 Å². The van der Waals surface area contributed by atoms with E-state index in [1.165, 1.54) is 24.3 Å². The van der Waals surface area contributed by atoms with Crippen molar-refractivity contribution >= 4 is 17.6 Å². The first-order valence-corrected chi connectivity index (χ1v) is 5.65. The molecule has 0 aliphatic carbocycles. The van der Waals surface area contributed by atoms with Crippen LogP contribution in [0.2, 0.25) is 5.02 Å². The molecule has 0 bridgehead atoms. The Bertz CT molecular complexity index is 603. The maximum atomic E-state index is 13.3. The molecule has 4 heteroatoms. The third kappa shape index (κ3) is 2.68. The number of carbonyl (C=O) groups is 1. The second-order valence-electron chi connectivity index (χ2n) is 4.05. The van der Waals surface area contributed by atoms with Gasteiger partial charge in [-0.3, -0.25) is 0 Å². The summed E-state index contributed by atoms with van der Waals surface area (Å²) in [5, 5.41) is 9.27. The lowest BCUT2D eigenvalue weighted by Crippen LogP contribution is -1.96. The molecule has 2 aromatic carbocycles. The van der Waals surface area contributed by atoms with E-state index in [1.807, 2.05) is 0 Å². The molecular formula is C14H10ClFO2. The molecule has 0 amide bonds. The summed E-state index contributed by atoms with van der Waals surface area (Å²) in [7, 11) is 0. The Morgan fingerprint density at radius 3 is 2.39 bits per heavy atom. The summed E-state index contributed by atoms with van der Waals surface area (Å²) in [5.74, 6) is -1.42. The molecule has 0 aliphatic heterocycles. The molecule has 0 spiro atoms. The molecule has 2 rings (SSSR count). The van der Waals surface area contributed by atoms with E-state index in [2.05, 4.69) is 0 Å². The zero-order valence-electron chi connectivity index (χ0n) is 9.58. The van der Waals surface area contributed by atoms with Crippen molar-refractivity contribution in [1.29, 1.82) is 0 Å². The normalized spacial score (nSPS) is 10.4. The second kappa shape index (κ2) is 4.78. The smallest absolute Gasteiger partial charge is 0.335 e. The number of halogens is 2. The van der Waals surface area contributed by atoms with Crippen molar-refractivity contribution in [3.8, 4) is 11.1 Å². The van der Waals surface area contributed by atoms with E-state index in [9.17, 15) is 9.18 Å². The van der Waals surface area contributed by atoms with Gasteiger partial charge in [0.25, 0.3) is 0 Å². The summed E-state index contributed by atoms with van der Waals surface area (Å²) in [6, 6.07) is 8.99. The zero-order chi connectivity index (χ0) is 13.3. The average molecular weight is 265 g/mol. The first-order valence-electron chi connectivity index (χ1n) is 5.27. The Hall–Kier alpha value is -1.87. The van der Waals surface area contributed by atoms with E-state index < -0.39 is 5.97 Å². The minimum atomic E-state index is -1.06. The van der Waals surface area contributed by atoms with Gasteiger partial charge in [-0.15, -0.1) is 0 Å². The van der Waals surface area contributed by atoms with Crippen molar-refractivity contribution in [1.82, 2.24) is 0 Å². The lowest BCUT2D eigenvalue weighted by Gasteiger charge is -2.06. The van der Waals surface area contributed by atoms with Crippen molar-refractivity contribution < 1.29 is 14.3 Å². The van der Waals surface area contributed by atoms with Crippen molar-refractivity contribution in [2.24, 2.45) is 0 Å². The topological polar surface area (TPSA) is 37.3 Å². The number of benzene rings is 2. The van der Waals surface area contributed by atoms with E-state index in [0.717, 1.165) is 5.56 Å². The molecule has 0 fully saturated rings. The van der Waals surface area contributed by atoms with Crippen LogP contribution in [-0.2, 0) is 0 Å². The fourth-order valence-corrected chi connectivity index (χ4v) is 2.02. The molecule has 0 aliphatic rings. The first kappa shape index (κ1) is 12.6. The molecule has 0 radical (unpaired) electrons. The van der Waals surface area contributed by atoms with Gasteiger partial charge >= 0.3 is 5.97 Å². The number of carboxylic acid groups (broad SMARTS) is 1. The second-order valence-corrected chi connectivity index (χ2v) is 4.49. The van der Waals surface area contributed by atoms with Gasteiger partial charge in [-0.2, -0.15) is 0 Å². The van der Waals surface area contributed by atoms with Gasteiger partial charge in [-0.25, -0.2) is 9.18 Å². The highest BCUT2D eigenvalue weighted by atomic mass is 35.5. The van der Waals surface area contributed by atoms with Crippen molar-refractivity contribution in [2.75, 3.05) is 0 Å². The summed E-state index contributed by atoms with van der Waals surface area (Å²) in [5.41, 5.74) is 2.04. The molecule has 0 aromatic heterocycles. The minimum Gasteiger partial charge on any atom is -0.478 e. The Morgan fingerprint density at radius 1 is 1.11 bits per heavy atom. The number of rotatable bonds is 2. The molecular weight excluding hydrogens is 255 g/mol. The van der Waals surface area contributed by atoms with Gasteiger partial charge in [-0.1, -0.05) is 17.7 Å². The zero-order valence-corrected chi connectivity index (χ0v) is 10.3. The van der Waals surface area contributed by atoms with Crippen LogP contribution in [0, 0.1) is 12.7 Å². The van der Waals surface area contributed by atoms with Crippen LogP contribution in [0.25, 0.3) is 11.1 Å². The molecule has 0 heterocycles. The van der Waals surface area contributed by atoms with Gasteiger partial charge in [-0.05, 0) is 53.9 Å². The molecule has 0 unspecified atom stereocenters. The van der Waals surface area contributed by atoms with Gasteiger partial charge in [0, 0.05) is 5.02 Å². The molecule has 2 aromatic rings. The number of hydrogen-bond acceptors (Lipinski definition) is 1. The number of aryl methyl sites for hydroxylation is 1. The first-order chi connectivity index (χ1) is 8.45. The Balaban J connectivity index is 2.59. The molecule has 2 nitrogen and oxygen atoms in total. The van der Waals surface area contributed by atoms with Gasteiger partial charge in [0.05, 0.1) is 5.56 Å². The maximum absolute atomic E-state index is 13.3. The number of carboxylic acids is 1. The van der Waals surface area contributed by atoms with E-state index >= 15 is 0 Å². The van der Waals surface area contributed by atoms with Gasteiger partial charge in [0.15, 0.2) is 0 Å². The predicted octanol–water partition coefficient (Wildman–Crippen LogP) is 4.15. The Kier molecular flexibility index (Phi) is 3.34. The van der Waals surface area contributed by atoms with Gasteiger partial charge in [0.1, 0.15) is 5.82 Å². The van der Waals surface area contributed by atoms with Crippen LogP contribution in [0.1, 0.15) is 15.9 Å². The highest BCUT2D eigenvalue weighted by molar-refractivity contribution is 6.31. The predicted molar refractivity (Wildman–Crippen MR) is 68.5 cm³/mol. The average Bonchev–Trinajstić information content (AvgIpc) is 2.26. The van der Waals surface area contributed by atoms with Crippen LogP contribution in [0.3, 0.4) is 0 Å². The summed E-state index contributed by atoms with van der Waals surface area (Å²) in [6.45, 7) is 1.77. The summed E-state index contributed by atoms with van der Waals surface area (Å²) in [6.07, 6.45) is 0. The van der Waals surface area contributed by atoms with Crippen LogP contribution in [0.5, 0.6) is 0 Å². The SMILES string of the molecule is Cc1cc(F)cc(-c2cc(Cl)cc(C(=O)O)c2)c1. The molecule has 1 N–H and O–H groups in total. The quantitative estimate of drug-likeness (QED) is 0.885. The monoisotopic (exact) mass is 264 g/mol. The summed E-state index contributed by atoms with van der Waals surface area (Å²) in [4.78, 5) is 10.9. The highest BCUT2D eigenvalue weighted by Gasteiger charge is 2.08. The van der Waals surface area contributed by atoms with Crippen LogP contribution >= 0.6 is 11.6 Å². The third-order valence-electron chi connectivity index (χ3n) is 2.52. The number of hydrogen-bond donors (Lipinski definition) is 1. The van der Waals surface area contributed by atoms with E-state index in [-0.39, 0.29) is 11.4 Å². The molecule has 18 heavy (non-hydrogen) atoms. The maximum Gasteiger partial charge on any atom is 0.335 e. The van der Waals surface area contributed by atoms with E-state index in [4.69, 9.17) is 16.7 Å². The highest BCUT2D eigenvalue weighted by Crippen LogP contribution is 2.26. The fraction of sp³-hybridized carbons (Fsp3) is 0.0714. The Morgan fingerprint density at radius 2 is 1.78 bits per heavy atom.